The Morgan fingerprint density at radius 2 is 1.76 bits per heavy atom. The molecule has 0 fully saturated rings. The second kappa shape index (κ2) is 8.31. The van der Waals surface area contributed by atoms with Crippen molar-refractivity contribution in [2.45, 2.75) is 31.7 Å². The molecule has 0 aliphatic heterocycles. The zero-order valence-electron chi connectivity index (χ0n) is 14.3. The van der Waals surface area contributed by atoms with Crippen LogP contribution in [0.4, 0.5) is 0 Å². The van der Waals surface area contributed by atoms with Crippen molar-refractivity contribution >= 4 is 38.9 Å². The zero-order valence-corrected chi connectivity index (χ0v) is 16.7. The first-order chi connectivity index (χ1) is 11.8. The molecule has 1 aromatic carbocycles. The van der Waals surface area contributed by atoms with Gasteiger partial charge in [-0.15, -0.1) is 11.3 Å². The van der Waals surface area contributed by atoms with E-state index in [0.29, 0.717) is 23.0 Å². The first kappa shape index (κ1) is 19.9. The molecule has 1 N–H and O–H groups in total. The highest BCUT2D eigenvalue weighted by Gasteiger charge is 2.22. The fourth-order valence-corrected chi connectivity index (χ4v) is 4.92. The maximum absolute atomic E-state index is 12.5. The number of nitrogens with one attached hydrogen (secondary N) is 1. The van der Waals surface area contributed by atoms with Gasteiger partial charge in [0.05, 0.1) is 15.3 Å². The second-order valence-corrected chi connectivity index (χ2v) is 9.14. The van der Waals surface area contributed by atoms with E-state index >= 15 is 0 Å². The smallest absolute Gasteiger partial charge is 0.251 e. The molecule has 1 aromatic heterocycles. The van der Waals surface area contributed by atoms with Gasteiger partial charge in [-0.2, -0.15) is 4.31 Å². The van der Waals surface area contributed by atoms with E-state index < -0.39 is 10.0 Å². The minimum atomic E-state index is -3.52. The van der Waals surface area contributed by atoms with Crippen LogP contribution in [0.25, 0.3) is 0 Å². The Hall–Kier alpha value is -1.41. The molecule has 0 saturated heterocycles. The fourth-order valence-electron chi connectivity index (χ4n) is 2.40. The quantitative estimate of drug-likeness (QED) is 0.765. The Balaban J connectivity index is 2.12. The molecule has 0 bridgehead atoms. The summed E-state index contributed by atoms with van der Waals surface area (Å²) in [6, 6.07) is 9.47. The Kier molecular flexibility index (Phi) is 6.62. The molecule has 0 spiro atoms. The van der Waals surface area contributed by atoms with Crippen LogP contribution in [0.15, 0.2) is 41.3 Å². The molecule has 2 aromatic rings. The maximum atomic E-state index is 12.5. The van der Waals surface area contributed by atoms with Crippen LogP contribution in [0.1, 0.15) is 42.0 Å². The second-order valence-electron chi connectivity index (χ2n) is 5.45. The van der Waals surface area contributed by atoms with Crippen LogP contribution in [-0.4, -0.2) is 31.7 Å². The van der Waals surface area contributed by atoms with E-state index in [1.54, 1.807) is 19.9 Å². The number of thiophene rings is 1. The van der Waals surface area contributed by atoms with Crippen molar-refractivity contribution in [1.29, 1.82) is 0 Å². The summed E-state index contributed by atoms with van der Waals surface area (Å²) in [4.78, 5) is 13.5. The highest BCUT2D eigenvalue weighted by Crippen LogP contribution is 2.27. The number of halogens is 1. The zero-order chi connectivity index (χ0) is 18.6. The number of amides is 1. The number of benzene rings is 1. The first-order valence-electron chi connectivity index (χ1n) is 7.95. The van der Waals surface area contributed by atoms with Gasteiger partial charge < -0.3 is 5.32 Å². The largest absolute Gasteiger partial charge is 0.345 e. The van der Waals surface area contributed by atoms with Crippen molar-refractivity contribution < 1.29 is 13.2 Å². The third-order valence-electron chi connectivity index (χ3n) is 3.83. The lowest BCUT2D eigenvalue weighted by molar-refractivity contribution is 0.0940. The highest BCUT2D eigenvalue weighted by atomic mass is 35.5. The molecular weight excluding hydrogens is 380 g/mol. The number of hydrogen-bond acceptors (Lipinski definition) is 4. The van der Waals surface area contributed by atoms with Crippen LogP contribution in [0.5, 0.6) is 0 Å². The van der Waals surface area contributed by atoms with Crippen molar-refractivity contribution in [1.82, 2.24) is 9.62 Å². The van der Waals surface area contributed by atoms with Gasteiger partial charge in [0.15, 0.2) is 0 Å². The summed E-state index contributed by atoms with van der Waals surface area (Å²) in [5.74, 6) is -0.260. The molecule has 1 amide bonds. The van der Waals surface area contributed by atoms with Crippen molar-refractivity contribution in [2.24, 2.45) is 0 Å². The topological polar surface area (TPSA) is 66.5 Å². The van der Waals surface area contributed by atoms with Crippen LogP contribution in [0, 0.1) is 0 Å². The molecule has 136 valence electrons. The molecule has 1 unspecified atom stereocenters. The minimum absolute atomic E-state index is 0.177. The van der Waals surface area contributed by atoms with Gasteiger partial charge in [-0.05, 0) is 43.3 Å². The molecule has 5 nitrogen and oxygen atoms in total. The van der Waals surface area contributed by atoms with Crippen LogP contribution in [-0.2, 0) is 10.0 Å². The number of carbonyl (C=O) groups excluding carboxylic acids is 1. The summed E-state index contributed by atoms with van der Waals surface area (Å²) in [5.41, 5.74) is 0.410. The predicted octanol–water partition coefficient (Wildman–Crippen LogP) is 3.92. The number of sulfonamides is 1. The van der Waals surface area contributed by atoms with E-state index in [9.17, 15) is 13.2 Å². The van der Waals surface area contributed by atoms with Crippen LogP contribution in [0.2, 0.25) is 4.34 Å². The van der Waals surface area contributed by atoms with Gasteiger partial charge in [0.25, 0.3) is 5.91 Å². The van der Waals surface area contributed by atoms with Gasteiger partial charge in [-0.3, -0.25) is 4.79 Å². The molecule has 0 saturated carbocycles. The molecule has 1 heterocycles. The van der Waals surface area contributed by atoms with E-state index in [0.717, 1.165) is 4.88 Å². The van der Waals surface area contributed by atoms with Crippen LogP contribution in [0.3, 0.4) is 0 Å². The predicted molar refractivity (Wildman–Crippen MR) is 102 cm³/mol. The van der Waals surface area contributed by atoms with Gasteiger partial charge in [-0.1, -0.05) is 25.4 Å². The summed E-state index contributed by atoms with van der Waals surface area (Å²) in [7, 11) is -3.52. The van der Waals surface area contributed by atoms with Crippen molar-refractivity contribution in [3.8, 4) is 0 Å². The Labute approximate surface area is 157 Å². The lowest BCUT2D eigenvalue weighted by Crippen LogP contribution is -2.30. The summed E-state index contributed by atoms with van der Waals surface area (Å²) < 4.78 is 27.0. The monoisotopic (exact) mass is 400 g/mol. The van der Waals surface area contributed by atoms with E-state index in [1.165, 1.54) is 39.9 Å². The van der Waals surface area contributed by atoms with E-state index in [4.69, 9.17) is 11.6 Å². The fraction of sp³-hybridized carbons (Fsp3) is 0.353. The van der Waals surface area contributed by atoms with Crippen LogP contribution < -0.4 is 5.32 Å². The van der Waals surface area contributed by atoms with Gasteiger partial charge in [-0.25, -0.2) is 8.42 Å². The third-order valence-corrected chi connectivity index (χ3v) is 7.31. The van der Waals surface area contributed by atoms with Crippen molar-refractivity contribution in [2.75, 3.05) is 13.1 Å². The Morgan fingerprint density at radius 3 is 2.24 bits per heavy atom. The molecule has 0 aliphatic carbocycles. The highest BCUT2D eigenvalue weighted by molar-refractivity contribution is 7.89. The first-order valence-corrected chi connectivity index (χ1v) is 10.6. The van der Waals surface area contributed by atoms with Gasteiger partial charge >= 0.3 is 0 Å². The number of carbonyl (C=O) groups is 1. The number of nitrogens with zero attached hydrogens (tertiary/aromatic N) is 1. The molecule has 8 heteroatoms. The average Bonchev–Trinajstić information content (AvgIpc) is 3.02. The third kappa shape index (κ3) is 4.61. The van der Waals surface area contributed by atoms with Gasteiger partial charge in [0.2, 0.25) is 10.0 Å². The lowest BCUT2D eigenvalue weighted by Gasteiger charge is -2.18. The Bertz CT molecular complexity index is 828. The molecule has 0 aliphatic rings. The van der Waals surface area contributed by atoms with Gasteiger partial charge in [0.1, 0.15) is 0 Å². The summed E-state index contributed by atoms with van der Waals surface area (Å²) >= 11 is 7.33. The molecule has 1 atom stereocenters. The van der Waals surface area contributed by atoms with E-state index in [1.807, 2.05) is 13.0 Å². The van der Waals surface area contributed by atoms with Crippen LogP contribution >= 0.6 is 22.9 Å². The van der Waals surface area contributed by atoms with Crippen molar-refractivity contribution in [3.63, 3.8) is 0 Å². The molecule has 2 rings (SSSR count). The molecular formula is C17H21ClN2O3S2. The standard InChI is InChI=1S/C17H21ClN2O3S2/c1-4-20(5-2)25(22,23)14-8-6-13(7-9-14)17(21)19-12(3)15-10-11-16(18)24-15/h6-12H,4-5H2,1-3H3,(H,19,21). The number of rotatable bonds is 7. The van der Waals surface area contributed by atoms with Gasteiger partial charge in [0, 0.05) is 23.5 Å². The SMILES string of the molecule is CCN(CC)S(=O)(=O)c1ccc(C(=O)NC(C)c2ccc(Cl)s2)cc1. The summed E-state index contributed by atoms with van der Waals surface area (Å²) in [5, 5.41) is 2.88. The van der Waals surface area contributed by atoms with E-state index in [-0.39, 0.29) is 16.8 Å². The lowest BCUT2D eigenvalue weighted by atomic mass is 10.2. The number of hydrogen-bond donors (Lipinski definition) is 1. The van der Waals surface area contributed by atoms with E-state index in [2.05, 4.69) is 5.32 Å². The normalized spacial score (nSPS) is 13.0. The average molecular weight is 401 g/mol. The summed E-state index contributed by atoms with van der Waals surface area (Å²) in [6.07, 6.45) is 0. The minimum Gasteiger partial charge on any atom is -0.345 e. The molecule has 0 radical (unpaired) electrons. The maximum Gasteiger partial charge on any atom is 0.251 e. The summed E-state index contributed by atoms with van der Waals surface area (Å²) in [6.45, 7) is 6.27. The van der Waals surface area contributed by atoms with Crippen molar-refractivity contribution in [3.05, 3.63) is 51.2 Å². The molecule has 25 heavy (non-hydrogen) atoms. The Morgan fingerprint density at radius 1 is 1.16 bits per heavy atom.